The smallest absolute Gasteiger partial charge is 0.252 e. The van der Waals surface area contributed by atoms with Gasteiger partial charge in [0.05, 0.1) is 5.75 Å². The maximum atomic E-state index is 13.7. The van der Waals surface area contributed by atoms with Gasteiger partial charge in [0.25, 0.3) is 5.91 Å². The van der Waals surface area contributed by atoms with Crippen LogP contribution in [0.2, 0.25) is 0 Å². The second kappa shape index (κ2) is 11.0. The number of hydrogen-bond acceptors (Lipinski definition) is 4. The zero-order valence-electron chi connectivity index (χ0n) is 21.8. The van der Waals surface area contributed by atoms with E-state index in [0.717, 1.165) is 41.6 Å². The normalized spacial score (nSPS) is 18.7. The van der Waals surface area contributed by atoms with Gasteiger partial charge in [-0.2, -0.15) is 0 Å². The minimum atomic E-state index is -0.980. The largest absolute Gasteiger partial charge is 0.338 e. The lowest BCUT2D eigenvalue weighted by Crippen LogP contribution is -2.57. The topological polar surface area (TPSA) is 78.5 Å². The van der Waals surface area contributed by atoms with Gasteiger partial charge >= 0.3 is 0 Å². The first-order valence-electron chi connectivity index (χ1n) is 13.2. The lowest BCUT2D eigenvalue weighted by atomic mass is 9.80. The molecular formula is C31H33N3O3S. The van der Waals surface area contributed by atoms with Crippen molar-refractivity contribution in [3.63, 3.8) is 0 Å². The summed E-state index contributed by atoms with van der Waals surface area (Å²) in [7, 11) is 0. The number of carbonyl (C=O) groups excluding carboxylic acids is 3. The zero-order chi connectivity index (χ0) is 26.7. The minimum Gasteiger partial charge on any atom is -0.338 e. The van der Waals surface area contributed by atoms with Crippen LogP contribution in [-0.4, -0.2) is 29.0 Å². The Bertz CT molecular complexity index is 1330. The Morgan fingerprint density at radius 2 is 1.58 bits per heavy atom. The summed E-state index contributed by atoms with van der Waals surface area (Å²) in [6.07, 6.45) is 3.97. The molecule has 1 aliphatic carbocycles. The summed E-state index contributed by atoms with van der Waals surface area (Å²) >= 11 is 1.58. The van der Waals surface area contributed by atoms with E-state index >= 15 is 0 Å². The zero-order valence-corrected chi connectivity index (χ0v) is 22.6. The number of nitrogens with one attached hydrogen (secondary N) is 2. The van der Waals surface area contributed by atoms with Gasteiger partial charge in [-0.15, -0.1) is 11.8 Å². The van der Waals surface area contributed by atoms with Crippen molar-refractivity contribution in [1.29, 1.82) is 0 Å². The standard InChI is InChI=1S/C31H33N3O3S/c1-21-11-9-12-22(2)27(21)32-30(37)31(17-7-4-8-18-31)33-28(36)24-15-10-16-25(19-24)34-26(35)20-38-29(34)23-13-5-3-6-14-23/h3,5-6,9-16,19,29H,4,7-8,17-18,20H2,1-2H3,(H,32,37)(H,33,36). The van der Waals surface area contributed by atoms with Gasteiger partial charge in [-0.1, -0.05) is 73.9 Å². The molecule has 6 nitrogen and oxygen atoms in total. The molecule has 2 aliphatic rings. The van der Waals surface area contributed by atoms with E-state index in [1.165, 1.54) is 0 Å². The molecule has 1 saturated carbocycles. The number of thioether (sulfide) groups is 1. The second-order valence-electron chi connectivity index (χ2n) is 10.2. The quantitative estimate of drug-likeness (QED) is 0.403. The average Bonchev–Trinajstić information content (AvgIpc) is 3.33. The monoisotopic (exact) mass is 527 g/mol. The highest BCUT2D eigenvalue weighted by atomic mass is 32.2. The van der Waals surface area contributed by atoms with E-state index in [1.807, 2.05) is 68.4 Å². The van der Waals surface area contributed by atoms with Crippen LogP contribution in [0, 0.1) is 13.8 Å². The predicted molar refractivity (Wildman–Crippen MR) is 153 cm³/mol. The molecule has 38 heavy (non-hydrogen) atoms. The molecule has 2 fully saturated rings. The van der Waals surface area contributed by atoms with Gasteiger partial charge in [-0.05, 0) is 61.6 Å². The first-order chi connectivity index (χ1) is 18.4. The van der Waals surface area contributed by atoms with Crippen LogP contribution in [-0.2, 0) is 9.59 Å². The van der Waals surface area contributed by atoms with Gasteiger partial charge in [0.1, 0.15) is 10.9 Å². The van der Waals surface area contributed by atoms with Crippen LogP contribution >= 0.6 is 11.8 Å². The number of benzene rings is 3. The van der Waals surface area contributed by atoms with Crippen molar-refractivity contribution in [2.45, 2.75) is 56.9 Å². The number of para-hydroxylation sites is 1. The molecule has 2 N–H and O–H groups in total. The van der Waals surface area contributed by atoms with E-state index in [9.17, 15) is 14.4 Å². The lowest BCUT2D eigenvalue weighted by molar-refractivity contribution is -0.123. The predicted octanol–water partition coefficient (Wildman–Crippen LogP) is 6.15. The molecule has 1 aliphatic heterocycles. The Balaban J connectivity index is 1.40. The molecule has 1 heterocycles. The van der Waals surface area contributed by atoms with Crippen LogP contribution < -0.4 is 15.5 Å². The van der Waals surface area contributed by atoms with Crippen LogP contribution in [0.15, 0.2) is 72.8 Å². The number of carbonyl (C=O) groups is 3. The average molecular weight is 528 g/mol. The number of nitrogens with zero attached hydrogens (tertiary/aromatic N) is 1. The highest BCUT2D eigenvalue weighted by molar-refractivity contribution is 8.00. The number of aryl methyl sites for hydroxylation is 2. The van der Waals surface area contributed by atoms with Crippen LogP contribution in [0.4, 0.5) is 11.4 Å². The summed E-state index contributed by atoms with van der Waals surface area (Å²) in [4.78, 5) is 41.9. The Hall–Kier alpha value is -3.58. The number of amides is 3. The third-order valence-corrected chi connectivity index (χ3v) is 8.77. The van der Waals surface area contributed by atoms with E-state index in [-0.39, 0.29) is 23.1 Å². The van der Waals surface area contributed by atoms with Gasteiger partial charge in [0, 0.05) is 16.9 Å². The summed E-state index contributed by atoms with van der Waals surface area (Å²) in [6.45, 7) is 3.95. The van der Waals surface area contributed by atoms with E-state index < -0.39 is 5.54 Å². The van der Waals surface area contributed by atoms with Gasteiger partial charge in [0.15, 0.2) is 0 Å². The van der Waals surface area contributed by atoms with Gasteiger partial charge in [-0.25, -0.2) is 0 Å². The summed E-state index contributed by atoms with van der Waals surface area (Å²) in [5, 5.41) is 6.10. The third kappa shape index (κ3) is 5.20. The molecule has 1 unspecified atom stereocenters. The van der Waals surface area contributed by atoms with Crippen molar-refractivity contribution < 1.29 is 14.4 Å². The molecule has 1 atom stereocenters. The Labute approximate surface area is 228 Å². The first-order valence-corrected chi connectivity index (χ1v) is 14.2. The van der Waals surface area contributed by atoms with Crippen molar-refractivity contribution in [2.24, 2.45) is 0 Å². The Morgan fingerprint density at radius 1 is 0.895 bits per heavy atom. The molecule has 196 valence electrons. The molecule has 0 aromatic heterocycles. The van der Waals surface area contributed by atoms with Gasteiger partial charge in [-0.3, -0.25) is 19.3 Å². The molecular weight excluding hydrogens is 494 g/mol. The maximum absolute atomic E-state index is 13.7. The fraction of sp³-hybridized carbons (Fsp3) is 0.323. The minimum absolute atomic E-state index is 0.0122. The summed E-state index contributed by atoms with van der Waals surface area (Å²) < 4.78 is 0. The van der Waals surface area contributed by atoms with Crippen LogP contribution in [0.5, 0.6) is 0 Å². The Morgan fingerprint density at radius 3 is 2.29 bits per heavy atom. The van der Waals surface area contributed by atoms with Crippen molar-refractivity contribution in [1.82, 2.24) is 5.32 Å². The molecule has 3 aromatic carbocycles. The highest BCUT2D eigenvalue weighted by Gasteiger charge is 2.41. The van der Waals surface area contributed by atoms with Crippen molar-refractivity contribution in [3.8, 4) is 0 Å². The fourth-order valence-corrected chi connectivity index (χ4v) is 6.64. The molecule has 0 spiro atoms. The highest BCUT2D eigenvalue weighted by Crippen LogP contribution is 2.42. The van der Waals surface area contributed by atoms with Crippen molar-refractivity contribution >= 4 is 40.9 Å². The summed E-state index contributed by atoms with van der Waals surface area (Å²) in [5.74, 6) is -0.0779. The van der Waals surface area contributed by atoms with Gasteiger partial charge < -0.3 is 10.6 Å². The fourth-order valence-electron chi connectivity index (χ4n) is 5.46. The van der Waals surface area contributed by atoms with Crippen molar-refractivity contribution in [3.05, 3.63) is 95.1 Å². The van der Waals surface area contributed by atoms with Crippen LogP contribution in [0.25, 0.3) is 0 Å². The molecule has 3 amide bonds. The molecule has 0 bridgehead atoms. The third-order valence-electron chi connectivity index (χ3n) is 7.55. The maximum Gasteiger partial charge on any atom is 0.252 e. The Kier molecular flexibility index (Phi) is 7.56. The molecule has 7 heteroatoms. The summed E-state index contributed by atoms with van der Waals surface area (Å²) in [5.41, 5.74) is 3.96. The van der Waals surface area contributed by atoms with E-state index in [2.05, 4.69) is 10.6 Å². The van der Waals surface area contributed by atoms with E-state index in [4.69, 9.17) is 0 Å². The van der Waals surface area contributed by atoms with E-state index in [0.29, 0.717) is 29.8 Å². The van der Waals surface area contributed by atoms with Crippen LogP contribution in [0.3, 0.4) is 0 Å². The number of anilines is 2. The number of rotatable bonds is 6. The van der Waals surface area contributed by atoms with Crippen LogP contribution in [0.1, 0.15) is 64.5 Å². The lowest BCUT2D eigenvalue weighted by Gasteiger charge is -2.37. The molecule has 1 saturated heterocycles. The SMILES string of the molecule is Cc1cccc(C)c1NC(=O)C1(NC(=O)c2cccc(N3C(=O)CSC3c3ccccc3)c2)CCCCC1. The van der Waals surface area contributed by atoms with Crippen molar-refractivity contribution in [2.75, 3.05) is 16.0 Å². The molecule has 3 aromatic rings. The molecule has 5 rings (SSSR count). The first kappa shape index (κ1) is 26.0. The van der Waals surface area contributed by atoms with Gasteiger partial charge in [0.2, 0.25) is 11.8 Å². The number of hydrogen-bond donors (Lipinski definition) is 2. The second-order valence-corrected chi connectivity index (χ2v) is 11.3. The summed E-state index contributed by atoms with van der Waals surface area (Å²) in [6, 6.07) is 23.0. The van der Waals surface area contributed by atoms with E-state index in [1.54, 1.807) is 34.9 Å². The molecule has 0 radical (unpaired) electrons.